The van der Waals surface area contributed by atoms with Gasteiger partial charge in [-0.15, -0.1) is 0 Å². The van der Waals surface area contributed by atoms with Crippen molar-refractivity contribution in [2.75, 3.05) is 0 Å². The van der Waals surface area contributed by atoms with E-state index in [-0.39, 0.29) is 45.8 Å². The summed E-state index contributed by atoms with van der Waals surface area (Å²) in [5.41, 5.74) is -0.0159. The van der Waals surface area contributed by atoms with Crippen LogP contribution in [0.1, 0.15) is 0 Å². The van der Waals surface area contributed by atoms with Gasteiger partial charge in [0, 0.05) is 12.1 Å². The summed E-state index contributed by atoms with van der Waals surface area (Å²) < 4.78 is 56.4. The van der Waals surface area contributed by atoms with E-state index in [1.807, 2.05) is 0 Å². The van der Waals surface area contributed by atoms with Gasteiger partial charge in [-0.3, -0.25) is 4.55 Å². The standard InChI is InChI=1S/C12H8F2N2O4S.Na/c13-10-5-8(6-11(14)12(10)17)16-15-7-1-3-9(4-2-7)21(18,19)20;/h1-6,17H,(H,18,19,20);/q;+1/p-1. The number of rotatable bonds is 3. The molecule has 2 aromatic rings. The molecule has 0 heterocycles. The zero-order valence-electron chi connectivity index (χ0n) is 11.2. The van der Waals surface area contributed by atoms with Crippen LogP contribution < -0.4 is 34.7 Å². The van der Waals surface area contributed by atoms with Gasteiger partial charge in [-0.05, 0) is 30.0 Å². The fourth-order valence-electron chi connectivity index (χ4n) is 1.40. The van der Waals surface area contributed by atoms with Crippen molar-refractivity contribution >= 4 is 21.5 Å². The van der Waals surface area contributed by atoms with Gasteiger partial charge >= 0.3 is 29.6 Å². The summed E-state index contributed by atoms with van der Waals surface area (Å²) in [6.45, 7) is 0. The summed E-state index contributed by atoms with van der Waals surface area (Å²) in [4.78, 5) is -0.325. The Bertz CT molecular complexity index is 787. The van der Waals surface area contributed by atoms with Gasteiger partial charge in [0.15, 0.2) is 0 Å². The molecule has 0 fully saturated rings. The van der Waals surface area contributed by atoms with Crippen molar-refractivity contribution < 1.29 is 56.4 Å². The number of halogens is 2. The minimum Gasteiger partial charge on any atom is -0.869 e. The van der Waals surface area contributed by atoms with Crippen LogP contribution in [-0.4, -0.2) is 13.0 Å². The average molecular weight is 336 g/mol. The molecule has 0 aliphatic carbocycles. The van der Waals surface area contributed by atoms with E-state index in [1.54, 1.807) is 0 Å². The molecule has 22 heavy (non-hydrogen) atoms. The van der Waals surface area contributed by atoms with Crippen molar-refractivity contribution in [1.29, 1.82) is 0 Å². The third kappa shape index (κ3) is 4.55. The van der Waals surface area contributed by atoms with E-state index in [4.69, 9.17) is 4.55 Å². The Morgan fingerprint density at radius 3 is 1.86 bits per heavy atom. The van der Waals surface area contributed by atoms with Crippen LogP contribution in [0.15, 0.2) is 51.5 Å². The molecule has 10 heteroatoms. The van der Waals surface area contributed by atoms with E-state index in [0.29, 0.717) is 0 Å². The first-order chi connectivity index (χ1) is 9.77. The second-order valence-corrected chi connectivity index (χ2v) is 5.33. The van der Waals surface area contributed by atoms with Gasteiger partial charge in [0.25, 0.3) is 10.1 Å². The molecule has 2 rings (SSSR count). The second-order valence-electron chi connectivity index (χ2n) is 3.91. The first kappa shape index (κ1) is 18.7. The summed E-state index contributed by atoms with van der Waals surface area (Å²) in [5, 5.41) is 18.0. The van der Waals surface area contributed by atoms with Gasteiger partial charge in [0.2, 0.25) is 0 Å². The molecule has 0 saturated carbocycles. The smallest absolute Gasteiger partial charge is 0.869 e. The Labute approximate surface area is 146 Å². The van der Waals surface area contributed by atoms with Crippen molar-refractivity contribution in [2.24, 2.45) is 10.2 Å². The van der Waals surface area contributed by atoms with Crippen molar-refractivity contribution in [2.45, 2.75) is 4.90 Å². The maximum atomic E-state index is 13.0. The molecule has 0 radical (unpaired) electrons. The summed E-state index contributed by atoms with van der Waals surface area (Å²) in [5.74, 6) is -3.93. The Hall–Kier alpha value is -1.39. The molecule has 0 aliphatic heterocycles. The van der Waals surface area contributed by atoms with E-state index in [2.05, 4.69) is 10.2 Å². The number of hydrogen-bond acceptors (Lipinski definition) is 5. The van der Waals surface area contributed by atoms with Gasteiger partial charge in [0.05, 0.1) is 16.3 Å². The average Bonchev–Trinajstić information content (AvgIpc) is 2.42. The second kappa shape index (κ2) is 7.25. The normalized spacial score (nSPS) is 11.4. The molecule has 0 unspecified atom stereocenters. The quantitative estimate of drug-likeness (QED) is 0.472. The monoisotopic (exact) mass is 336 g/mol. The van der Waals surface area contributed by atoms with Crippen molar-refractivity contribution in [3.8, 4) is 5.75 Å². The van der Waals surface area contributed by atoms with Gasteiger partial charge < -0.3 is 5.11 Å². The van der Waals surface area contributed by atoms with E-state index < -0.39 is 27.5 Å². The molecule has 0 aliphatic rings. The topological polar surface area (TPSA) is 102 Å². The molecule has 0 bridgehead atoms. The van der Waals surface area contributed by atoms with Crippen molar-refractivity contribution in [1.82, 2.24) is 0 Å². The van der Waals surface area contributed by atoms with Crippen LogP contribution in [0.5, 0.6) is 5.75 Å². The van der Waals surface area contributed by atoms with Crippen LogP contribution in [0.2, 0.25) is 0 Å². The molecule has 0 amide bonds. The Balaban J connectivity index is 0.00000242. The van der Waals surface area contributed by atoms with E-state index in [1.165, 1.54) is 12.1 Å². The largest absolute Gasteiger partial charge is 1.00 e. The van der Waals surface area contributed by atoms with Gasteiger partial charge in [-0.1, -0.05) is 0 Å². The molecule has 0 aromatic heterocycles. The number of benzene rings is 2. The first-order valence-corrected chi connectivity index (χ1v) is 6.87. The number of hydrogen-bond donors (Lipinski definition) is 1. The molecule has 0 spiro atoms. The van der Waals surface area contributed by atoms with Crippen LogP contribution in [0.3, 0.4) is 0 Å². The molecule has 110 valence electrons. The molecular formula is C12H7F2N2NaO4S. The van der Waals surface area contributed by atoms with Gasteiger partial charge in [-0.2, -0.15) is 18.6 Å². The van der Waals surface area contributed by atoms with Gasteiger partial charge in [0.1, 0.15) is 11.6 Å². The Morgan fingerprint density at radius 1 is 0.955 bits per heavy atom. The first-order valence-electron chi connectivity index (χ1n) is 5.43. The van der Waals surface area contributed by atoms with Crippen LogP contribution in [0.25, 0.3) is 0 Å². The number of nitrogens with zero attached hydrogens (tertiary/aromatic N) is 2. The minimum atomic E-state index is -4.31. The summed E-state index contributed by atoms with van der Waals surface area (Å²) in [6.07, 6.45) is 0. The molecule has 1 N–H and O–H groups in total. The third-order valence-corrected chi connectivity index (χ3v) is 3.27. The number of azo groups is 1. The Kier molecular flexibility index (Phi) is 6.15. The fourth-order valence-corrected chi connectivity index (χ4v) is 1.88. The van der Waals surface area contributed by atoms with E-state index in [0.717, 1.165) is 24.3 Å². The molecular weight excluding hydrogens is 329 g/mol. The fraction of sp³-hybridized carbons (Fsp3) is 0. The van der Waals surface area contributed by atoms with Crippen molar-refractivity contribution in [3.63, 3.8) is 0 Å². The third-order valence-electron chi connectivity index (χ3n) is 2.40. The van der Waals surface area contributed by atoms with Crippen molar-refractivity contribution in [3.05, 3.63) is 48.0 Å². The minimum absolute atomic E-state index is 0. The molecule has 6 nitrogen and oxygen atoms in total. The molecule has 2 aromatic carbocycles. The van der Waals surface area contributed by atoms with Gasteiger partial charge in [-0.25, -0.2) is 8.78 Å². The zero-order valence-corrected chi connectivity index (χ0v) is 14.0. The van der Waals surface area contributed by atoms with Crippen LogP contribution in [-0.2, 0) is 10.1 Å². The predicted octanol–water partition coefficient (Wildman–Crippen LogP) is -0.296. The Morgan fingerprint density at radius 2 is 1.41 bits per heavy atom. The van der Waals surface area contributed by atoms with E-state index in [9.17, 15) is 22.3 Å². The summed E-state index contributed by atoms with van der Waals surface area (Å²) in [6, 6.07) is 6.10. The molecule has 0 atom stereocenters. The maximum Gasteiger partial charge on any atom is 1.00 e. The predicted molar refractivity (Wildman–Crippen MR) is 66.2 cm³/mol. The van der Waals surface area contributed by atoms with Crippen LogP contribution in [0.4, 0.5) is 20.2 Å². The summed E-state index contributed by atoms with van der Waals surface area (Å²) in [7, 11) is -4.31. The maximum absolute atomic E-state index is 13.0. The summed E-state index contributed by atoms with van der Waals surface area (Å²) >= 11 is 0. The van der Waals surface area contributed by atoms with Crippen LogP contribution >= 0.6 is 0 Å². The van der Waals surface area contributed by atoms with E-state index >= 15 is 0 Å². The zero-order chi connectivity index (χ0) is 15.6. The van der Waals surface area contributed by atoms with Crippen LogP contribution in [0, 0.1) is 11.6 Å². The SMILES string of the molecule is O=S(=O)(O)c1ccc(N=Nc2cc(F)c([O-])c(F)c2)cc1.[Na+]. The molecule has 0 saturated heterocycles.